The molecular weight excluding hydrogens is 340 g/mol. The molecule has 27 heavy (non-hydrogen) atoms. The maximum absolute atomic E-state index is 12.7. The second-order valence-electron chi connectivity index (χ2n) is 7.94. The quantitative estimate of drug-likeness (QED) is 0.789. The summed E-state index contributed by atoms with van der Waals surface area (Å²) < 4.78 is 5.75. The van der Waals surface area contributed by atoms with E-state index in [1.165, 1.54) is 0 Å². The molecule has 0 bridgehead atoms. The van der Waals surface area contributed by atoms with Gasteiger partial charge in [-0.1, -0.05) is 32.0 Å². The van der Waals surface area contributed by atoms with Gasteiger partial charge in [0, 0.05) is 16.8 Å². The van der Waals surface area contributed by atoms with Crippen LogP contribution in [0, 0.1) is 5.92 Å². The number of nitrogens with one attached hydrogen (secondary N) is 2. The molecule has 2 aromatic carbocycles. The van der Waals surface area contributed by atoms with Crippen molar-refractivity contribution in [1.29, 1.82) is 0 Å². The first kappa shape index (κ1) is 20.5. The van der Waals surface area contributed by atoms with Gasteiger partial charge < -0.3 is 15.4 Å². The molecule has 0 atom stereocenters. The van der Waals surface area contributed by atoms with Crippen LogP contribution < -0.4 is 15.4 Å². The van der Waals surface area contributed by atoms with Gasteiger partial charge in [-0.25, -0.2) is 0 Å². The first-order valence-electron chi connectivity index (χ1n) is 9.11. The molecule has 0 spiro atoms. The number of anilines is 1. The Hall–Kier alpha value is -2.82. The first-order chi connectivity index (χ1) is 12.7. The van der Waals surface area contributed by atoms with E-state index >= 15 is 0 Å². The average Bonchev–Trinajstić information content (AvgIpc) is 2.59. The molecule has 0 aliphatic rings. The second-order valence-corrected chi connectivity index (χ2v) is 7.94. The van der Waals surface area contributed by atoms with Gasteiger partial charge in [0.1, 0.15) is 5.75 Å². The zero-order valence-corrected chi connectivity index (χ0v) is 16.6. The van der Waals surface area contributed by atoms with Crippen molar-refractivity contribution in [3.05, 3.63) is 59.7 Å². The summed E-state index contributed by atoms with van der Waals surface area (Å²) in [6.45, 7) is 10.4. The third-order valence-corrected chi connectivity index (χ3v) is 3.58. The first-order valence-corrected chi connectivity index (χ1v) is 9.11. The van der Waals surface area contributed by atoms with Crippen molar-refractivity contribution in [3.63, 3.8) is 0 Å². The van der Waals surface area contributed by atoms with E-state index < -0.39 is 0 Å². The molecule has 5 nitrogen and oxygen atoms in total. The lowest BCUT2D eigenvalue weighted by molar-refractivity contribution is 0.0918. The minimum atomic E-state index is -0.330. The van der Waals surface area contributed by atoms with Gasteiger partial charge in [0.25, 0.3) is 11.8 Å². The second kappa shape index (κ2) is 8.71. The molecule has 0 fully saturated rings. The number of amides is 2. The Balaban J connectivity index is 2.15. The number of para-hydroxylation sites is 1. The van der Waals surface area contributed by atoms with E-state index in [0.29, 0.717) is 35.1 Å². The van der Waals surface area contributed by atoms with E-state index in [4.69, 9.17) is 4.74 Å². The highest BCUT2D eigenvalue weighted by Crippen LogP contribution is 2.21. The van der Waals surface area contributed by atoms with Gasteiger partial charge in [-0.2, -0.15) is 0 Å². The van der Waals surface area contributed by atoms with Crippen LogP contribution >= 0.6 is 0 Å². The predicted molar refractivity (Wildman–Crippen MR) is 108 cm³/mol. The highest BCUT2D eigenvalue weighted by Gasteiger charge is 2.17. The molecule has 0 radical (unpaired) electrons. The van der Waals surface area contributed by atoms with Crippen molar-refractivity contribution in [2.24, 2.45) is 5.92 Å². The van der Waals surface area contributed by atoms with Gasteiger partial charge in [-0.15, -0.1) is 0 Å². The normalized spacial score (nSPS) is 11.2. The Morgan fingerprint density at radius 1 is 1.00 bits per heavy atom. The van der Waals surface area contributed by atoms with Gasteiger partial charge >= 0.3 is 0 Å². The molecule has 0 heterocycles. The molecule has 5 heteroatoms. The van der Waals surface area contributed by atoms with E-state index in [0.717, 1.165) is 0 Å². The SMILES string of the molecule is CC(C)COc1ccccc1C(=O)Nc1cccc(C(=O)NC(C)(C)C)c1. The summed E-state index contributed by atoms with van der Waals surface area (Å²) in [6, 6.07) is 14.0. The van der Waals surface area contributed by atoms with Crippen LogP contribution in [-0.4, -0.2) is 24.0 Å². The van der Waals surface area contributed by atoms with Crippen LogP contribution in [0.1, 0.15) is 55.3 Å². The summed E-state index contributed by atoms with van der Waals surface area (Å²) in [5.41, 5.74) is 1.18. The van der Waals surface area contributed by atoms with Crippen LogP contribution in [0.4, 0.5) is 5.69 Å². The largest absolute Gasteiger partial charge is 0.492 e. The maximum Gasteiger partial charge on any atom is 0.259 e. The molecule has 0 saturated heterocycles. The number of hydrogen-bond donors (Lipinski definition) is 2. The molecule has 0 unspecified atom stereocenters. The third-order valence-electron chi connectivity index (χ3n) is 3.58. The van der Waals surface area contributed by atoms with Crippen molar-refractivity contribution in [1.82, 2.24) is 5.32 Å². The van der Waals surface area contributed by atoms with E-state index in [1.807, 2.05) is 26.8 Å². The fourth-order valence-corrected chi connectivity index (χ4v) is 2.39. The fraction of sp³-hybridized carbons (Fsp3) is 0.364. The zero-order valence-electron chi connectivity index (χ0n) is 16.6. The topological polar surface area (TPSA) is 67.4 Å². The Labute approximate surface area is 161 Å². The molecule has 144 valence electrons. The van der Waals surface area contributed by atoms with E-state index in [1.54, 1.807) is 42.5 Å². The van der Waals surface area contributed by atoms with Crippen molar-refractivity contribution in [2.75, 3.05) is 11.9 Å². The molecule has 0 aliphatic carbocycles. The fourth-order valence-electron chi connectivity index (χ4n) is 2.39. The smallest absolute Gasteiger partial charge is 0.259 e. The summed E-state index contributed by atoms with van der Waals surface area (Å²) in [6.07, 6.45) is 0. The van der Waals surface area contributed by atoms with Crippen LogP contribution in [-0.2, 0) is 0 Å². The Kier molecular flexibility index (Phi) is 6.61. The van der Waals surface area contributed by atoms with Crippen molar-refractivity contribution >= 4 is 17.5 Å². The number of rotatable bonds is 6. The van der Waals surface area contributed by atoms with Gasteiger partial charge in [0.15, 0.2) is 0 Å². The summed E-state index contributed by atoms with van der Waals surface area (Å²) in [4.78, 5) is 25.0. The summed E-state index contributed by atoms with van der Waals surface area (Å²) in [7, 11) is 0. The van der Waals surface area contributed by atoms with Crippen molar-refractivity contribution in [2.45, 2.75) is 40.2 Å². The van der Waals surface area contributed by atoms with Crippen LogP contribution in [0.25, 0.3) is 0 Å². The molecule has 2 aromatic rings. The van der Waals surface area contributed by atoms with Crippen molar-refractivity contribution in [3.8, 4) is 5.75 Å². The molecule has 2 rings (SSSR count). The lowest BCUT2D eigenvalue weighted by atomic mass is 10.1. The standard InChI is InChI=1S/C22H28N2O3/c1-15(2)14-27-19-12-7-6-11-18(19)21(26)23-17-10-8-9-16(13-17)20(25)24-22(3,4)5/h6-13,15H,14H2,1-5H3,(H,23,26)(H,24,25). The molecule has 0 aliphatic heterocycles. The van der Waals surface area contributed by atoms with Crippen LogP contribution in [0.2, 0.25) is 0 Å². The van der Waals surface area contributed by atoms with Crippen molar-refractivity contribution < 1.29 is 14.3 Å². The van der Waals surface area contributed by atoms with Gasteiger partial charge in [-0.05, 0) is 57.0 Å². The molecule has 0 saturated carbocycles. The predicted octanol–water partition coefficient (Wildman–Crippen LogP) is 4.50. The lowest BCUT2D eigenvalue weighted by Gasteiger charge is -2.20. The zero-order chi connectivity index (χ0) is 20.0. The number of ether oxygens (including phenoxy) is 1. The Morgan fingerprint density at radius 3 is 2.37 bits per heavy atom. The third kappa shape index (κ3) is 6.44. The van der Waals surface area contributed by atoms with Gasteiger partial charge in [0.05, 0.1) is 12.2 Å². The molecule has 2 N–H and O–H groups in total. The van der Waals surface area contributed by atoms with E-state index in [2.05, 4.69) is 24.5 Å². The molecule has 0 aromatic heterocycles. The maximum atomic E-state index is 12.7. The number of benzene rings is 2. The number of carbonyl (C=O) groups is 2. The van der Waals surface area contributed by atoms with Gasteiger partial charge in [0.2, 0.25) is 0 Å². The van der Waals surface area contributed by atoms with E-state index in [9.17, 15) is 9.59 Å². The minimum Gasteiger partial charge on any atom is -0.492 e. The highest BCUT2D eigenvalue weighted by molar-refractivity contribution is 6.06. The molecular formula is C22H28N2O3. The average molecular weight is 368 g/mol. The van der Waals surface area contributed by atoms with E-state index in [-0.39, 0.29) is 17.4 Å². The summed E-state index contributed by atoms with van der Waals surface area (Å²) in [5, 5.41) is 5.76. The molecule has 2 amide bonds. The summed E-state index contributed by atoms with van der Waals surface area (Å²) in [5.74, 6) is 0.450. The van der Waals surface area contributed by atoms with Gasteiger partial charge in [-0.3, -0.25) is 9.59 Å². The van der Waals surface area contributed by atoms with Crippen LogP contribution in [0.5, 0.6) is 5.75 Å². The Bertz CT molecular complexity index is 807. The minimum absolute atomic E-state index is 0.181. The van der Waals surface area contributed by atoms with Crippen LogP contribution in [0.3, 0.4) is 0 Å². The van der Waals surface area contributed by atoms with Crippen LogP contribution in [0.15, 0.2) is 48.5 Å². The Morgan fingerprint density at radius 2 is 1.70 bits per heavy atom. The number of carbonyl (C=O) groups excluding carboxylic acids is 2. The lowest BCUT2D eigenvalue weighted by Crippen LogP contribution is -2.40. The summed E-state index contributed by atoms with van der Waals surface area (Å²) >= 11 is 0. The number of hydrogen-bond acceptors (Lipinski definition) is 3. The highest BCUT2D eigenvalue weighted by atomic mass is 16.5. The monoisotopic (exact) mass is 368 g/mol.